The van der Waals surface area contributed by atoms with E-state index in [1.165, 1.54) is 22.8 Å². The van der Waals surface area contributed by atoms with Crippen molar-refractivity contribution >= 4 is 23.2 Å². The van der Waals surface area contributed by atoms with Gasteiger partial charge in [0.05, 0.1) is 6.20 Å². The van der Waals surface area contributed by atoms with Crippen LogP contribution in [0.25, 0.3) is 5.65 Å². The van der Waals surface area contributed by atoms with Crippen LogP contribution in [0.3, 0.4) is 0 Å². The van der Waals surface area contributed by atoms with E-state index in [0.717, 1.165) is 11.1 Å². The van der Waals surface area contributed by atoms with Crippen molar-refractivity contribution in [2.45, 2.75) is 13.3 Å². The minimum Gasteiger partial charge on any atom is -0.477 e. The van der Waals surface area contributed by atoms with Gasteiger partial charge in [0.1, 0.15) is 16.5 Å². The fraction of sp³-hybridized carbons (Fsp3) is 0.133. The summed E-state index contributed by atoms with van der Waals surface area (Å²) >= 11 is 6.34. The lowest BCUT2D eigenvalue weighted by Crippen LogP contribution is -2.05. The van der Waals surface area contributed by atoms with Crippen LogP contribution in [0.15, 0.2) is 30.5 Å². The number of carboxylic acids is 1. The number of aryl methyl sites for hydroxylation is 1. The van der Waals surface area contributed by atoms with Gasteiger partial charge in [-0.3, -0.25) is 0 Å². The van der Waals surface area contributed by atoms with Gasteiger partial charge in [0.2, 0.25) is 0 Å². The molecule has 1 aromatic carbocycles. The number of benzene rings is 1. The molecule has 0 amide bonds. The Morgan fingerprint density at radius 1 is 1.36 bits per heavy atom. The van der Waals surface area contributed by atoms with Crippen LogP contribution >= 0.6 is 11.6 Å². The minimum atomic E-state index is -1.11. The van der Waals surface area contributed by atoms with Crippen molar-refractivity contribution in [1.29, 1.82) is 0 Å². The number of carbonyl (C=O) groups is 1. The lowest BCUT2D eigenvalue weighted by molar-refractivity contribution is 0.0698. The normalized spacial score (nSPS) is 11.0. The standard InChI is InChI=1S/C15H11ClFN3O2/c1-8-11(6-9-2-4-10(17)5-3-9)13(16)20-14(19-8)12(7-18-20)15(21)22/h2-5,7H,6H2,1H3,(H,21,22). The quantitative estimate of drug-likeness (QED) is 0.753. The molecule has 0 radical (unpaired) electrons. The number of rotatable bonds is 3. The first-order chi connectivity index (χ1) is 10.5. The molecule has 0 bridgehead atoms. The van der Waals surface area contributed by atoms with Gasteiger partial charge in [-0.15, -0.1) is 0 Å². The van der Waals surface area contributed by atoms with Crippen LogP contribution in [-0.2, 0) is 6.42 Å². The first kappa shape index (κ1) is 14.5. The zero-order chi connectivity index (χ0) is 15.9. The van der Waals surface area contributed by atoms with Gasteiger partial charge in [-0.05, 0) is 24.6 Å². The van der Waals surface area contributed by atoms with Crippen LogP contribution in [0, 0.1) is 12.7 Å². The Hall–Kier alpha value is -2.47. The van der Waals surface area contributed by atoms with Gasteiger partial charge in [-0.2, -0.15) is 5.10 Å². The summed E-state index contributed by atoms with van der Waals surface area (Å²) in [6.07, 6.45) is 1.67. The van der Waals surface area contributed by atoms with Crippen molar-refractivity contribution < 1.29 is 14.3 Å². The Morgan fingerprint density at radius 2 is 2.05 bits per heavy atom. The molecule has 112 valence electrons. The number of aromatic carboxylic acids is 1. The maximum absolute atomic E-state index is 13.0. The van der Waals surface area contributed by atoms with Crippen molar-refractivity contribution in [3.63, 3.8) is 0 Å². The Morgan fingerprint density at radius 3 is 2.68 bits per heavy atom. The minimum absolute atomic E-state index is 0.00154. The van der Waals surface area contributed by atoms with Crippen molar-refractivity contribution in [3.05, 3.63) is 63.8 Å². The summed E-state index contributed by atoms with van der Waals surface area (Å²) in [6, 6.07) is 6.09. The highest BCUT2D eigenvalue weighted by Crippen LogP contribution is 2.24. The first-order valence-corrected chi connectivity index (χ1v) is 6.85. The molecule has 0 aliphatic carbocycles. The summed E-state index contributed by atoms with van der Waals surface area (Å²) in [5.74, 6) is -1.41. The molecule has 7 heteroatoms. The van der Waals surface area contributed by atoms with E-state index in [-0.39, 0.29) is 17.0 Å². The van der Waals surface area contributed by atoms with Crippen molar-refractivity contribution in [2.75, 3.05) is 0 Å². The van der Waals surface area contributed by atoms with E-state index in [1.54, 1.807) is 19.1 Å². The zero-order valence-electron chi connectivity index (χ0n) is 11.5. The fourth-order valence-corrected chi connectivity index (χ4v) is 2.58. The molecule has 2 heterocycles. The SMILES string of the molecule is Cc1nc2c(C(=O)O)cnn2c(Cl)c1Cc1ccc(F)cc1. The molecular weight excluding hydrogens is 309 g/mol. The molecule has 0 spiro atoms. The maximum atomic E-state index is 13.0. The van der Waals surface area contributed by atoms with Crippen LogP contribution < -0.4 is 0 Å². The summed E-state index contributed by atoms with van der Waals surface area (Å²) in [5, 5.41) is 13.4. The molecule has 1 N–H and O–H groups in total. The average molecular weight is 320 g/mol. The third kappa shape index (κ3) is 2.42. The van der Waals surface area contributed by atoms with Gasteiger partial charge >= 0.3 is 5.97 Å². The smallest absolute Gasteiger partial charge is 0.341 e. The Balaban J connectivity index is 2.10. The first-order valence-electron chi connectivity index (χ1n) is 6.48. The second-order valence-electron chi connectivity index (χ2n) is 4.87. The van der Waals surface area contributed by atoms with Gasteiger partial charge in [0, 0.05) is 17.7 Å². The monoisotopic (exact) mass is 319 g/mol. The summed E-state index contributed by atoms with van der Waals surface area (Å²) in [5.41, 5.74) is 2.42. The number of fused-ring (bicyclic) bond motifs is 1. The van der Waals surface area contributed by atoms with E-state index < -0.39 is 5.97 Å². The number of carboxylic acid groups (broad SMARTS) is 1. The zero-order valence-corrected chi connectivity index (χ0v) is 12.3. The van der Waals surface area contributed by atoms with E-state index >= 15 is 0 Å². The average Bonchev–Trinajstić information content (AvgIpc) is 2.89. The number of nitrogens with zero attached hydrogens (tertiary/aromatic N) is 3. The van der Waals surface area contributed by atoms with E-state index in [9.17, 15) is 9.18 Å². The second kappa shape index (κ2) is 5.38. The molecule has 0 atom stereocenters. The lowest BCUT2D eigenvalue weighted by atomic mass is 10.1. The number of aromatic nitrogens is 3. The van der Waals surface area contributed by atoms with Crippen LogP contribution in [0.5, 0.6) is 0 Å². The third-order valence-electron chi connectivity index (χ3n) is 3.41. The molecule has 3 aromatic rings. The Kier molecular flexibility index (Phi) is 3.54. The van der Waals surface area contributed by atoms with Crippen LogP contribution in [-0.4, -0.2) is 25.7 Å². The largest absolute Gasteiger partial charge is 0.477 e. The van der Waals surface area contributed by atoms with Gasteiger partial charge in [0.15, 0.2) is 5.65 Å². The summed E-state index contributed by atoms with van der Waals surface area (Å²) < 4.78 is 14.3. The van der Waals surface area contributed by atoms with Crippen LogP contribution in [0.2, 0.25) is 5.15 Å². The van der Waals surface area contributed by atoms with E-state index in [1.807, 2.05) is 0 Å². The number of hydrogen-bond acceptors (Lipinski definition) is 3. The highest BCUT2D eigenvalue weighted by molar-refractivity contribution is 6.30. The summed E-state index contributed by atoms with van der Waals surface area (Å²) in [7, 11) is 0. The van der Waals surface area contributed by atoms with Crippen molar-refractivity contribution in [1.82, 2.24) is 14.6 Å². The molecule has 5 nitrogen and oxygen atoms in total. The molecular formula is C15H11ClFN3O2. The number of halogens is 2. The molecule has 0 saturated heterocycles. The van der Waals surface area contributed by atoms with Gasteiger partial charge < -0.3 is 5.11 Å². The lowest BCUT2D eigenvalue weighted by Gasteiger charge is -2.10. The van der Waals surface area contributed by atoms with Gasteiger partial charge in [0.25, 0.3) is 0 Å². The molecule has 0 unspecified atom stereocenters. The molecule has 2 aromatic heterocycles. The second-order valence-corrected chi connectivity index (χ2v) is 5.23. The Bertz CT molecular complexity index is 875. The van der Waals surface area contributed by atoms with Gasteiger partial charge in [-0.25, -0.2) is 18.7 Å². The highest BCUT2D eigenvalue weighted by Gasteiger charge is 2.18. The van der Waals surface area contributed by atoms with E-state index in [4.69, 9.17) is 16.7 Å². The van der Waals surface area contributed by atoms with Crippen LogP contribution in [0.1, 0.15) is 27.2 Å². The summed E-state index contributed by atoms with van der Waals surface area (Å²) in [6.45, 7) is 1.75. The number of hydrogen-bond donors (Lipinski definition) is 1. The molecule has 0 aliphatic rings. The molecule has 0 fully saturated rings. The summed E-state index contributed by atoms with van der Waals surface area (Å²) in [4.78, 5) is 15.4. The van der Waals surface area contributed by atoms with Crippen molar-refractivity contribution in [2.24, 2.45) is 0 Å². The molecule has 0 aliphatic heterocycles. The Labute approximate surface area is 130 Å². The topological polar surface area (TPSA) is 67.5 Å². The van der Waals surface area contributed by atoms with Crippen LogP contribution in [0.4, 0.5) is 4.39 Å². The van der Waals surface area contributed by atoms with Crippen molar-refractivity contribution in [3.8, 4) is 0 Å². The predicted octanol–water partition coefficient (Wildman–Crippen LogP) is 3.12. The fourth-order valence-electron chi connectivity index (χ4n) is 2.25. The predicted molar refractivity (Wildman–Crippen MR) is 78.9 cm³/mol. The van der Waals surface area contributed by atoms with Gasteiger partial charge in [-0.1, -0.05) is 23.7 Å². The molecule has 0 saturated carbocycles. The van der Waals surface area contributed by atoms with E-state index in [0.29, 0.717) is 17.3 Å². The maximum Gasteiger partial charge on any atom is 0.341 e. The van der Waals surface area contributed by atoms with E-state index in [2.05, 4.69) is 10.1 Å². The third-order valence-corrected chi connectivity index (χ3v) is 3.80. The molecule has 22 heavy (non-hydrogen) atoms. The molecule has 3 rings (SSSR count). The highest BCUT2D eigenvalue weighted by atomic mass is 35.5.